The number of likely N-dealkylation sites (N-methyl/N-ethyl adjacent to an activating group) is 1. The van der Waals surface area contributed by atoms with Gasteiger partial charge < -0.3 is 10.6 Å². The lowest BCUT2D eigenvalue weighted by Crippen LogP contribution is -2.45. The molecule has 0 fully saturated rings. The highest BCUT2D eigenvalue weighted by Gasteiger charge is 2.22. The van der Waals surface area contributed by atoms with Crippen molar-refractivity contribution in [2.45, 2.75) is 26.8 Å². The predicted molar refractivity (Wildman–Crippen MR) is 67.4 cm³/mol. The van der Waals surface area contributed by atoms with Crippen molar-refractivity contribution in [3.63, 3.8) is 0 Å². The fourth-order valence-electron chi connectivity index (χ4n) is 1.57. The molecule has 0 aromatic heterocycles. The fraction of sp³-hybridized carbons (Fsp3) is 0.462. The van der Waals surface area contributed by atoms with E-state index in [0.717, 1.165) is 11.3 Å². The summed E-state index contributed by atoms with van der Waals surface area (Å²) in [6, 6.07) is 7.36. The summed E-state index contributed by atoms with van der Waals surface area (Å²) in [7, 11) is 1.77. The van der Waals surface area contributed by atoms with Crippen LogP contribution in [0.3, 0.4) is 0 Å². The normalized spacial score (nSPS) is 12.6. The van der Waals surface area contributed by atoms with Crippen LogP contribution in [0.25, 0.3) is 0 Å². The van der Waals surface area contributed by atoms with Crippen LogP contribution in [0.1, 0.15) is 19.4 Å². The summed E-state index contributed by atoms with van der Waals surface area (Å²) in [5, 5.41) is 0. The van der Waals surface area contributed by atoms with Crippen LogP contribution in [0, 0.1) is 12.8 Å². The average molecular weight is 220 g/mol. The number of para-hydroxylation sites is 1. The molecule has 1 aromatic carbocycles. The molecular formula is C13H20N2O. The zero-order valence-corrected chi connectivity index (χ0v) is 10.4. The Morgan fingerprint density at radius 1 is 1.31 bits per heavy atom. The van der Waals surface area contributed by atoms with E-state index in [9.17, 15) is 4.79 Å². The van der Waals surface area contributed by atoms with Crippen LogP contribution in [-0.4, -0.2) is 19.0 Å². The minimum Gasteiger partial charge on any atom is -0.320 e. The number of aryl methyl sites for hydroxylation is 1. The molecule has 0 saturated heterocycles. The Labute approximate surface area is 97.2 Å². The summed E-state index contributed by atoms with van der Waals surface area (Å²) in [5.74, 6) is 0.114. The molecule has 1 amide bonds. The number of anilines is 1. The molecule has 0 unspecified atom stereocenters. The average Bonchev–Trinajstić information content (AvgIpc) is 2.26. The van der Waals surface area contributed by atoms with Gasteiger partial charge in [-0.25, -0.2) is 0 Å². The maximum atomic E-state index is 12.0. The lowest BCUT2D eigenvalue weighted by atomic mass is 10.0. The van der Waals surface area contributed by atoms with E-state index in [1.54, 1.807) is 11.9 Å². The minimum atomic E-state index is -0.440. The van der Waals surface area contributed by atoms with E-state index < -0.39 is 6.04 Å². The van der Waals surface area contributed by atoms with Gasteiger partial charge in [-0.05, 0) is 24.5 Å². The fourth-order valence-corrected chi connectivity index (χ4v) is 1.57. The smallest absolute Gasteiger partial charge is 0.243 e. The van der Waals surface area contributed by atoms with Crippen molar-refractivity contribution in [3.8, 4) is 0 Å². The predicted octanol–water partition coefficient (Wildman–Crippen LogP) is 1.94. The van der Waals surface area contributed by atoms with Crippen molar-refractivity contribution in [2.75, 3.05) is 11.9 Å². The van der Waals surface area contributed by atoms with E-state index in [4.69, 9.17) is 5.73 Å². The number of carbonyl (C=O) groups is 1. The van der Waals surface area contributed by atoms with Gasteiger partial charge in [0, 0.05) is 12.7 Å². The molecule has 3 nitrogen and oxygen atoms in total. The van der Waals surface area contributed by atoms with E-state index in [1.165, 1.54) is 0 Å². The molecule has 88 valence electrons. The standard InChI is InChI=1S/C13H20N2O/c1-9(2)12(14)13(16)15(4)11-8-6-5-7-10(11)3/h5-9,12H,14H2,1-4H3/t12-/m1/s1. The number of hydrogen-bond donors (Lipinski definition) is 1. The van der Waals surface area contributed by atoms with Crippen LogP contribution in [0.15, 0.2) is 24.3 Å². The van der Waals surface area contributed by atoms with Gasteiger partial charge in [-0.2, -0.15) is 0 Å². The lowest BCUT2D eigenvalue weighted by molar-refractivity contribution is -0.120. The molecule has 0 aliphatic rings. The molecule has 0 heterocycles. The van der Waals surface area contributed by atoms with E-state index in [-0.39, 0.29) is 11.8 Å². The van der Waals surface area contributed by atoms with E-state index >= 15 is 0 Å². The van der Waals surface area contributed by atoms with Gasteiger partial charge in [0.25, 0.3) is 0 Å². The molecule has 16 heavy (non-hydrogen) atoms. The molecule has 0 bridgehead atoms. The van der Waals surface area contributed by atoms with Gasteiger partial charge in [0.15, 0.2) is 0 Å². The van der Waals surface area contributed by atoms with Crippen molar-refractivity contribution in [1.82, 2.24) is 0 Å². The first kappa shape index (κ1) is 12.7. The molecule has 1 atom stereocenters. The second-order valence-corrected chi connectivity index (χ2v) is 4.45. The molecule has 0 aliphatic carbocycles. The summed E-state index contributed by atoms with van der Waals surface area (Å²) < 4.78 is 0. The summed E-state index contributed by atoms with van der Waals surface area (Å²) in [6.45, 7) is 5.89. The van der Waals surface area contributed by atoms with Gasteiger partial charge in [-0.1, -0.05) is 32.0 Å². The Hall–Kier alpha value is -1.35. The Morgan fingerprint density at radius 3 is 2.38 bits per heavy atom. The number of nitrogens with two attached hydrogens (primary N) is 1. The van der Waals surface area contributed by atoms with Crippen LogP contribution in [0.5, 0.6) is 0 Å². The van der Waals surface area contributed by atoms with E-state index in [1.807, 2.05) is 45.0 Å². The van der Waals surface area contributed by atoms with Gasteiger partial charge in [0.2, 0.25) is 5.91 Å². The Kier molecular flexibility index (Phi) is 4.07. The first-order valence-electron chi connectivity index (χ1n) is 5.54. The van der Waals surface area contributed by atoms with Crippen molar-refractivity contribution in [1.29, 1.82) is 0 Å². The molecule has 2 N–H and O–H groups in total. The molecule has 0 spiro atoms. The third-order valence-electron chi connectivity index (χ3n) is 2.81. The molecule has 1 aromatic rings. The SMILES string of the molecule is Cc1ccccc1N(C)C(=O)[C@H](N)C(C)C. The van der Waals surface area contributed by atoms with Crippen molar-refractivity contribution in [2.24, 2.45) is 11.7 Å². The highest BCUT2D eigenvalue weighted by molar-refractivity contribution is 5.97. The van der Waals surface area contributed by atoms with Crippen LogP contribution in [0.4, 0.5) is 5.69 Å². The maximum absolute atomic E-state index is 12.0. The Bertz CT molecular complexity index is 374. The van der Waals surface area contributed by atoms with Gasteiger partial charge in [-0.3, -0.25) is 4.79 Å². The lowest BCUT2D eigenvalue weighted by Gasteiger charge is -2.24. The van der Waals surface area contributed by atoms with Crippen LogP contribution in [-0.2, 0) is 4.79 Å². The highest BCUT2D eigenvalue weighted by Crippen LogP contribution is 2.19. The maximum Gasteiger partial charge on any atom is 0.243 e. The summed E-state index contributed by atoms with van der Waals surface area (Å²) >= 11 is 0. The third kappa shape index (κ3) is 2.61. The zero-order valence-electron chi connectivity index (χ0n) is 10.4. The topological polar surface area (TPSA) is 46.3 Å². The van der Waals surface area contributed by atoms with Crippen LogP contribution in [0.2, 0.25) is 0 Å². The zero-order chi connectivity index (χ0) is 12.3. The minimum absolute atomic E-state index is 0.0377. The molecule has 0 radical (unpaired) electrons. The van der Waals surface area contributed by atoms with Crippen molar-refractivity contribution >= 4 is 11.6 Å². The molecule has 3 heteroatoms. The number of carbonyl (C=O) groups excluding carboxylic acids is 1. The highest BCUT2D eigenvalue weighted by atomic mass is 16.2. The van der Waals surface area contributed by atoms with Crippen LogP contribution >= 0.6 is 0 Å². The van der Waals surface area contributed by atoms with Crippen molar-refractivity contribution in [3.05, 3.63) is 29.8 Å². The molecule has 0 saturated carbocycles. The molecule has 0 aliphatic heterocycles. The molecule has 1 rings (SSSR count). The summed E-state index contributed by atoms with van der Waals surface area (Å²) in [6.07, 6.45) is 0. The van der Waals surface area contributed by atoms with Gasteiger partial charge >= 0.3 is 0 Å². The largest absolute Gasteiger partial charge is 0.320 e. The first-order valence-corrected chi connectivity index (χ1v) is 5.54. The quantitative estimate of drug-likeness (QED) is 0.846. The van der Waals surface area contributed by atoms with Crippen molar-refractivity contribution < 1.29 is 4.79 Å². The molecular weight excluding hydrogens is 200 g/mol. The van der Waals surface area contributed by atoms with E-state index in [2.05, 4.69) is 0 Å². The second-order valence-electron chi connectivity index (χ2n) is 4.45. The Morgan fingerprint density at radius 2 is 1.88 bits per heavy atom. The second kappa shape index (κ2) is 5.12. The van der Waals surface area contributed by atoms with Gasteiger partial charge in [0.05, 0.1) is 6.04 Å². The number of benzene rings is 1. The summed E-state index contributed by atoms with van der Waals surface area (Å²) in [5.41, 5.74) is 7.86. The number of rotatable bonds is 3. The number of amides is 1. The number of nitrogens with zero attached hydrogens (tertiary/aromatic N) is 1. The third-order valence-corrected chi connectivity index (χ3v) is 2.81. The first-order chi connectivity index (χ1) is 7.45. The van der Waals surface area contributed by atoms with Gasteiger partial charge in [-0.15, -0.1) is 0 Å². The number of hydrogen-bond acceptors (Lipinski definition) is 2. The summed E-state index contributed by atoms with van der Waals surface area (Å²) in [4.78, 5) is 13.7. The monoisotopic (exact) mass is 220 g/mol. The Balaban J connectivity index is 2.91. The van der Waals surface area contributed by atoms with Gasteiger partial charge in [0.1, 0.15) is 0 Å². The van der Waals surface area contributed by atoms with E-state index in [0.29, 0.717) is 0 Å². The van der Waals surface area contributed by atoms with Crippen LogP contribution < -0.4 is 10.6 Å².